The van der Waals surface area contributed by atoms with Crippen LogP contribution in [0, 0.1) is 38.5 Å². The molecule has 2 fully saturated rings. The van der Waals surface area contributed by atoms with Gasteiger partial charge in [0.05, 0.1) is 5.39 Å². The smallest absolute Gasteiger partial charge is 0.251 e. The number of benzene rings is 1. The summed E-state index contributed by atoms with van der Waals surface area (Å²) in [6.07, 6.45) is 5.40. The topological polar surface area (TPSA) is 66.9 Å². The van der Waals surface area contributed by atoms with Crippen LogP contribution in [0.1, 0.15) is 64.8 Å². The van der Waals surface area contributed by atoms with Gasteiger partial charge in [-0.15, -0.1) is 11.3 Å². The third-order valence-corrected chi connectivity index (χ3v) is 8.71. The van der Waals surface area contributed by atoms with E-state index in [1.165, 1.54) is 36.1 Å². The minimum atomic E-state index is 0.0392. The van der Waals surface area contributed by atoms with Crippen molar-refractivity contribution in [3.05, 3.63) is 51.7 Å². The summed E-state index contributed by atoms with van der Waals surface area (Å²) in [5, 5.41) is 7.87. The van der Waals surface area contributed by atoms with E-state index in [1.54, 1.807) is 11.3 Å². The Morgan fingerprint density at radius 3 is 2.59 bits per heavy atom. The lowest BCUT2D eigenvalue weighted by Gasteiger charge is -2.28. The summed E-state index contributed by atoms with van der Waals surface area (Å²) in [5.74, 6) is 4.07. The molecule has 6 heteroatoms. The third-order valence-electron chi connectivity index (χ3n) is 7.61. The maximum absolute atomic E-state index is 12.8. The fourth-order valence-corrected chi connectivity index (χ4v) is 6.82. The Labute approximate surface area is 194 Å². The van der Waals surface area contributed by atoms with Gasteiger partial charge >= 0.3 is 0 Å². The van der Waals surface area contributed by atoms with Gasteiger partial charge in [0.2, 0.25) is 0 Å². The number of rotatable bonds is 6. The maximum Gasteiger partial charge on any atom is 0.251 e. The number of aromatic nitrogens is 2. The molecule has 32 heavy (non-hydrogen) atoms. The van der Waals surface area contributed by atoms with E-state index < -0.39 is 0 Å². The number of thiophene rings is 1. The standard InChI is InChI=1S/C26H32N4OS/c1-14-16(3)32-26-23(14)24(29-17(4)30-26)27-13-18-5-8-20(9-6-18)25(31)28-15(2)22-12-19-7-10-21(22)11-19/h5-6,8-9,15,19,21-22H,7,10-13H2,1-4H3,(H,28,31)(H,27,29,30). The second-order valence-electron chi connectivity index (χ2n) is 9.73. The number of fused-ring (bicyclic) bond motifs is 3. The highest BCUT2D eigenvalue weighted by Crippen LogP contribution is 2.49. The summed E-state index contributed by atoms with van der Waals surface area (Å²) in [7, 11) is 0. The number of aryl methyl sites for hydroxylation is 3. The predicted octanol–water partition coefficient (Wildman–Crippen LogP) is 5.78. The molecule has 4 unspecified atom stereocenters. The quantitative estimate of drug-likeness (QED) is 0.501. The summed E-state index contributed by atoms with van der Waals surface area (Å²) < 4.78 is 0. The van der Waals surface area contributed by atoms with Crippen LogP contribution in [0.25, 0.3) is 10.2 Å². The van der Waals surface area contributed by atoms with Crippen LogP contribution in [0.15, 0.2) is 24.3 Å². The van der Waals surface area contributed by atoms with Crippen molar-refractivity contribution >= 4 is 33.3 Å². The van der Waals surface area contributed by atoms with Crippen LogP contribution in [0.3, 0.4) is 0 Å². The van der Waals surface area contributed by atoms with Gasteiger partial charge in [-0.1, -0.05) is 18.6 Å². The molecule has 2 aromatic heterocycles. The van der Waals surface area contributed by atoms with Crippen molar-refractivity contribution in [1.82, 2.24) is 15.3 Å². The van der Waals surface area contributed by atoms with Gasteiger partial charge < -0.3 is 10.6 Å². The molecule has 0 radical (unpaired) electrons. The van der Waals surface area contributed by atoms with Crippen molar-refractivity contribution in [1.29, 1.82) is 0 Å². The highest BCUT2D eigenvalue weighted by Gasteiger charge is 2.42. The zero-order chi connectivity index (χ0) is 22.4. The molecule has 4 atom stereocenters. The number of anilines is 1. The average molecular weight is 449 g/mol. The largest absolute Gasteiger partial charge is 0.365 e. The molecule has 1 aromatic carbocycles. The van der Waals surface area contributed by atoms with E-state index in [9.17, 15) is 4.79 Å². The Morgan fingerprint density at radius 2 is 1.91 bits per heavy atom. The van der Waals surface area contributed by atoms with Gasteiger partial charge in [-0.25, -0.2) is 9.97 Å². The molecule has 2 saturated carbocycles. The zero-order valence-electron chi connectivity index (χ0n) is 19.4. The van der Waals surface area contributed by atoms with E-state index in [2.05, 4.69) is 41.4 Å². The molecular weight excluding hydrogens is 416 g/mol. The minimum absolute atomic E-state index is 0.0392. The van der Waals surface area contributed by atoms with E-state index >= 15 is 0 Å². The number of hydrogen-bond donors (Lipinski definition) is 2. The minimum Gasteiger partial charge on any atom is -0.365 e. The maximum atomic E-state index is 12.8. The molecule has 0 spiro atoms. The Balaban J connectivity index is 1.23. The van der Waals surface area contributed by atoms with Crippen molar-refractivity contribution in [2.45, 2.75) is 66.0 Å². The second-order valence-corrected chi connectivity index (χ2v) is 10.9. The lowest BCUT2D eigenvalue weighted by molar-refractivity contribution is 0.0915. The number of carbonyl (C=O) groups is 1. The Bertz CT molecular complexity index is 1150. The number of nitrogens with zero attached hydrogens (tertiary/aromatic N) is 2. The van der Waals surface area contributed by atoms with E-state index in [-0.39, 0.29) is 11.9 Å². The predicted molar refractivity (Wildman–Crippen MR) is 131 cm³/mol. The Morgan fingerprint density at radius 1 is 1.12 bits per heavy atom. The molecule has 2 bridgehead atoms. The van der Waals surface area contributed by atoms with Crippen LogP contribution in [0.2, 0.25) is 0 Å². The molecule has 5 nitrogen and oxygen atoms in total. The van der Waals surface area contributed by atoms with Gasteiger partial charge in [0.1, 0.15) is 16.5 Å². The molecule has 2 aliphatic carbocycles. The molecule has 5 rings (SSSR count). The summed E-state index contributed by atoms with van der Waals surface area (Å²) in [5.41, 5.74) is 3.09. The number of nitrogens with one attached hydrogen (secondary N) is 2. The number of carbonyl (C=O) groups excluding carboxylic acids is 1. The number of amides is 1. The van der Waals surface area contributed by atoms with E-state index in [0.717, 1.165) is 44.8 Å². The molecule has 1 amide bonds. The van der Waals surface area contributed by atoms with E-state index in [1.807, 2.05) is 31.2 Å². The first kappa shape index (κ1) is 21.4. The lowest BCUT2D eigenvalue weighted by atomic mass is 9.84. The van der Waals surface area contributed by atoms with Crippen LogP contribution in [0.5, 0.6) is 0 Å². The molecule has 0 aliphatic heterocycles. The number of hydrogen-bond acceptors (Lipinski definition) is 5. The monoisotopic (exact) mass is 448 g/mol. The first-order chi connectivity index (χ1) is 15.4. The second kappa shape index (κ2) is 8.47. The molecule has 168 valence electrons. The molecule has 2 heterocycles. The first-order valence-corrected chi connectivity index (χ1v) is 12.6. The van der Waals surface area contributed by atoms with Crippen molar-refractivity contribution in [2.75, 3.05) is 5.32 Å². The lowest BCUT2D eigenvalue weighted by Crippen LogP contribution is -2.40. The van der Waals surface area contributed by atoms with Crippen molar-refractivity contribution in [3.8, 4) is 0 Å². The van der Waals surface area contributed by atoms with Crippen LogP contribution in [-0.4, -0.2) is 21.9 Å². The fraction of sp³-hybridized carbons (Fsp3) is 0.500. The highest BCUT2D eigenvalue weighted by atomic mass is 32.1. The van der Waals surface area contributed by atoms with Gasteiger partial charge in [-0.05, 0) is 88.0 Å². The van der Waals surface area contributed by atoms with Gasteiger partial charge in [0.25, 0.3) is 5.91 Å². The molecule has 2 N–H and O–H groups in total. The molecule has 0 saturated heterocycles. The molecular formula is C26H32N4OS. The van der Waals surface area contributed by atoms with Gasteiger partial charge in [-0.3, -0.25) is 4.79 Å². The van der Waals surface area contributed by atoms with Crippen molar-refractivity contribution in [2.24, 2.45) is 17.8 Å². The Hall–Kier alpha value is -2.47. The highest BCUT2D eigenvalue weighted by molar-refractivity contribution is 7.18. The summed E-state index contributed by atoms with van der Waals surface area (Å²) in [4.78, 5) is 24.3. The van der Waals surface area contributed by atoms with Crippen LogP contribution < -0.4 is 10.6 Å². The van der Waals surface area contributed by atoms with Gasteiger partial charge in [0, 0.05) is 23.0 Å². The summed E-state index contributed by atoms with van der Waals surface area (Å²) >= 11 is 1.72. The van der Waals surface area contributed by atoms with E-state index in [4.69, 9.17) is 0 Å². The molecule has 2 aliphatic rings. The van der Waals surface area contributed by atoms with Crippen LogP contribution in [-0.2, 0) is 6.54 Å². The van der Waals surface area contributed by atoms with Crippen LogP contribution in [0.4, 0.5) is 5.82 Å². The van der Waals surface area contributed by atoms with Gasteiger partial charge in [-0.2, -0.15) is 0 Å². The van der Waals surface area contributed by atoms with E-state index in [0.29, 0.717) is 12.5 Å². The summed E-state index contributed by atoms with van der Waals surface area (Å²) in [6, 6.07) is 8.17. The average Bonchev–Trinajstić information content (AvgIpc) is 3.47. The Kier molecular flexibility index (Phi) is 5.66. The molecule has 3 aromatic rings. The first-order valence-electron chi connectivity index (χ1n) is 11.8. The third kappa shape index (κ3) is 4.01. The van der Waals surface area contributed by atoms with Crippen LogP contribution >= 0.6 is 11.3 Å². The summed E-state index contributed by atoms with van der Waals surface area (Å²) in [6.45, 7) is 9.02. The zero-order valence-corrected chi connectivity index (χ0v) is 20.2. The van der Waals surface area contributed by atoms with Gasteiger partial charge in [0.15, 0.2) is 0 Å². The normalized spacial score (nSPS) is 22.9. The SMILES string of the molecule is Cc1nc(NCc2ccc(C(=O)NC(C)C3CC4CCC3C4)cc2)c2c(C)c(C)sc2n1. The van der Waals surface area contributed by atoms with Crippen molar-refractivity contribution < 1.29 is 4.79 Å². The van der Waals surface area contributed by atoms with Crippen molar-refractivity contribution in [3.63, 3.8) is 0 Å². The fourth-order valence-electron chi connectivity index (χ4n) is 5.75.